The average molecular weight is 232 g/mol. The molecular formula is C15H24N2. The summed E-state index contributed by atoms with van der Waals surface area (Å²) in [5, 5.41) is 3.61. The smallest absolute Gasteiger partial charge is 0.0387 e. The fraction of sp³-hybridized carbons (Fsp3) is 0.600. The number of hydrogen-bond donors (Lipinski definition) is 1. The van der Waals surface area contributed by atoms with E-state index in [0.717, 1.165) is 13.1 Å². The topological polar surface area (TPSA) is 15.3 Å². The van der Waals surface area contributed by atoms with Gasteiger partial charge in [-0.2, -0.15) is 0 Å². The molecule has 0 spiro atoms. The summed E-state index contributed by atoms with van der Waals surface area (Å²) in [7, 11) is 0. The van der Waals surface area contributed by atoms with Gasteiger partial charge in [-0.3, -0.25) is 0 Å². The van der Waals surface area contributed by atoms with Crippen molar-refractivity contribution in [3.63, 3.8) is 0 Å². The molecule has 1 saturated heterocycles. The molecule has 0 bridgehead atoms. The fourth-order valence-corrected chi connectivity index (χ4v) is 2.68. The van der Waals surface area contributed by atoms with Crippen molar-refractivity contribution in [1.29, 1.82) is 0 Å². The van der Waals surface area contributed by atoms with E-state index < -0.39 is 0 Å². The minimum Gasteiger partial charge on any atom is -0.366 e. The quantitative estimate of drug-likeness (QED) is 0.843. The molecule has 0 radical (unpaired) electrons. The molecule has 0 saturated carbocycles. The number of piperazine rings is 1. The molecule has 2 nitrogen and oxygen atoms in total. The molecule has 1 aliphatic heterocycles. The molecule has 2 atom stereocenters. The number of benzene rings is 1. The van der Waals surface area contributed by atoms with Crippen molar-refractivity contribution in [1.82, 2.24) is 5.32 Å². The Hall–Kier alpha value is -1.02. The molecular weight excluding hydrogens is 208 g/mol. The lowest BCUT2D eigenvalue weighted by Crippen LogP contribution is -2.55. The van der Waals surface area contributed by atoms with Gasteiger partial charge in [-0.1, -0.05) is 13.0 Å². The van der Waals surface area contributed by atoms with Gasteiger partial charge in [0.05, 0.1) is 0 Å². The molecule has 0 aliphatic carbocycles. The van der Waals surface area contributed by atoms with E-state index in [1.54, 1.807) is 0 Å². The molecule has 2 unspecified atom stereocenters. The maximum atomic E-state index is 3.61. The number of rotatable bonds is 2. The van der Waals surface area contributed by atoms with Gasteiger partial charge in [0.25, 0.3) is 0 Å². The van der Waals surface area contributed by atoms with E-state index in [0.29, 0.717) is 12.1 Å². The third kappa shape index (κ3) is 2.81. The van der Waals surface area contributed by atoms with Gasteiger partial charge in [0.15, 0.2) is 0 Å². The van der Waals surface area contributed by atoms with Crippen LogP contribution in [0.2, 0.25) is 0 Å². The Morgan fingerprint density at radius 1 is 1.24 bits per heavy atom. The van der Waals surface area contributed by atoms with Crippen LogP contribution < -0.4 is 10.2 Å². The molecule has 2 heteroatoms. The largest absolute Gasteiger partial charge is 0.366 e. The van der Waals surface area contributed by atoms with Crippen LogP contribution in [0, 0.1) is 13.8 Å². The number of nitrogens with one attached hydrogen (secondary N) is 1. The molecule has 1 fully saturated rings. The fourth-order valence-electron chi connectivity index (χ4n) is 2.68. The second-order valence-corrected chi connectivity index (χ2v) is 5.36. The zero-order valence-electron chi connectivity index (χ0n) is 11.5. The summed E-state index contributed by atoms with van der Waals surface area (Å²) in [6.07, 6.45) is 1.20. The zero-order chi connectivity index (χ0) is 12.4. The van der Waals surface area contributed by atoms with Crippen LogP contribution in [0.5, 0.6) is 0 Å². The Kier molecular flexibility index (Phi) is 3.72. The molecule has 0 amide bonds. The summed E-state index contributed by atoms with van der Waals surface area (Å²) < 4.78 is 0. The highest BCUT2D eigenvalue weighted by Gasteiger charge is 2.24. The third-order valence-corrected chi connectivity index (χ3v) is 3.68. The predicted molar refractivity (Wildman–Crippen MR) is 74.8 cm³/mol. The highest BCUT2D eigenvalue weighted by Crippen LogP contribution is 2.23. The number of hydrogen-bond acceptors (Lipinski definition) is 2. The van der Waals surface area contributed by atoms with Crippen LogP contribution in [-0.4, -0.2) is 25.2 Å². The van der Waals surface area contributed by atoms with Crippen LogP contribution in [0.1, 0.15) is 31.4 Å². The van der Waals surface area contributed by atoms with E-state index in [-0.39, 0.29) is 0 Å². The first-order chi connectivity index (χ1) is 8.10. The summed E-state index contributed by atoms with van der Waals surface area (Å²) in [5.74, 6) is 0. The van der Waals surface area contributed by atoms with Gasteiger partial charge in [0.1, 0.15) is 0 Å². The first-order valence-corrected chi connectivity index (χ1v) is 6.68. The minimum absolute atomic E-state index is 0.582. The summed E-state index contributed by atoms with van der Waals surface area (Å²) in [4.78, 5) is 2.55. The van der Waals surface area contributed by atoms with Crippen LogP contribution >= 0.6 is 0 Å². The first-order valence-electron chi connectivity index (χ1n) is 6.68. The van der Waals surface area contributed by atoms with Crippen molar-refractivity contribution in [2.45, 2.75) is 46.2 Å². The lowest BCUT2D eigenvalue weighted by molar-refractivity contribution is 0.397. The highest BCUT2D eigenvalue weighted by atomic mass is 15.2. The SMILES string of the molecule is CCC1CN(c2cc(C)cc(C)c2)C(C)CN1. The van der Waals surface area contributed by atoms with Gasteiger partial charge in [0.2, 0.25) is 0 Å². The highest BCUT2D eigenvalue weighted by molar-refractivity contribution is 5.52. The van der Waals surface area contributed by atoms with E-state index >= 15 is 0 Å². The number of anilines is 1. The molecule has 1 aliphatic rings. The van der Waals surface area contributed by atoms with Crippen molar-refractivity contribution in [3.05, 3.63) is 29.3 Å². The van der Waals surface area contributed by atoms with Gasteiger partial charge in [0, 0.05) is 30.9 Å². The second kappa shape index (κ2) is 5.09. The summed E-state index contributed by atoms with van der Waals surface area (Å²) in [6.45, 7) is 11.1. The van der Waals surface area contributed by atoms with E-state index in [2.05, 4.69) is 56.1 Å². The third-order valence-electron chi connectivity index (χ3n) is 3.68. The van der Waals surface area contributed by atoms with Gasteiger partial charge in [-0.05, 0) is 50.5 Å². The van der Waals surface area contributed by atoms with Crippen LogP contribution in [0.25, 0.3) is 0 Å². The lowest BCUT2D eigenvalue weighted by atomic mass is 10.0. The summed E-state index contributed by atoms with van der Waals surface area (Å²) >= 11 is 0. The number of nitrogens with zero attached hydrogens (tertiary/aromatic N) is 1. The Morgan fingerprint density at radius 3 is 2.47 bits per heavy atom. The van der Waals surface area contributed by atoms with E-state index in [4.69, 9.17) is 0 Å². The molecule has 1 heterocycles. The second-order valence-electron chi connectivity index (χ2n) is 5.36. The van der Waals surface area contributed by atoms with E-state index in [1.807, 2.05) is 0 Å². The Balaban J connectivity index is 2.24. The van der Waals surface area contributed by atoms with Crippen molar-refractivity contribution in [3.8, 4) is 0 Å². The van der Waals surface area contributed by atoms with Crippen LogP contribution in [0.4, 0.5) is 5.69 Å². The standard InChI is InChI=1S/C15H24N2/c1-5-14-10-17(13(4)9-16-14)15-7-11(2)6-12(3)8-15/h6-8,13-14,16H,5,9-10H2,1-4H3. The molecule has 1 N–H and O–H groups in total. The molecule has 1 aromatic rings. The van der Waals surface area contributed by atoms with Gasteiger partial charge < -0.3 is 10.2 Å². The number of aryl methyl sites for hydroxylation is 2. The monoisotopic (exact) mass is 232 g/mol. The van der Waals surface area contributed by atoms with Crippen molar-refractivity contribution >= 4 is 5.69 Å². The van der Waals surface area contributed by atoms with Crippen LogP contribution in [0.3, 0.4) is 0 Å². The van der Waals surface area contributed by atoms with E-state index in [9.17, 15) is 0 Å². The van der Waals surface area contributed by atoms with Gasteiger partial charge in [-0.25, -0.2) is 0 Å². The van der Waals surface area contributed by atoms with Gasteiger partial charge >= 0.3 is 0 Å². The minimum atomic E-state index is 0.582. The predicted octanol–water partition coefficient (Wildman–Crippen LogP) is 2.88. The molecule has 17 heavy (non-hydrogen) atoms. The van der Waals surface area contributed by atoms with Crippen LogP contribution in [-0.2, 0) is 0 Å². The summed E-state index contributed by atoms with van der Waals surface area (Å²) in [6, 6.07) is 8.07. The maximum Gasteiger partial charge on any atom is 0.0387 e. The molecule has 0 aromatic heterocycles. The normalized spacial score (nSPS) is 25.1. The van der Waals surface area contributed by atoms with Crippen molar-refractivity contribution in [2.75, 3.05) is 18.0 Å². The van der Waals surface area contributed by atoms with Crippen molar-refractivity contribution < 1.29 is 0 Å². The molecule has 2 rings (SSSR count). The average Bonchev–Trinajstić information content (AvgIpc) is 2.28. The van der Waals surface area contributed by atoms with Crippen LogP contribution in [0.15, 0.2) is 18.2 Å². The van der Waals surface area contributed by atoms with E-state index in [1.165, 1.54) is 23.2 Å². The zero-order valence-corrected chi connectivity index (χ0v) is 11.5. The Morgan fingerprint density at radius 2 is 1.88 bits per heavy atom. The molecule has 94 valence electrons. The Labute approximate surface area is 105 Å². The van der Waals surface area contributed by atoms with Gasteiger partial charge in [-0.15, -0.1) is 0 Å². The summed E-state index contributed by atoms with van der Waals surface area (Å²) in [5.41, 5.74) is 4.10. The lowest BCUT2D eigenvalue weighted by Gasteiger charge is -2.40. The molecule has 1 aromatic carbocycles. The van der Waals surface area contributed by atoms with Crippen molar-refractivity contribution in [2.24, 2.45) is 0 Å². The Bertz CT molecular complexity index is 366. The first kappa shape index (κ1) is 12.4. The maximum absolute atomic E-state index is 3.61.